The SMILES string of the molecule is CN1C2CCC1CC(N)(C#N)C2. The fraction of sp³-hybridized carbons (Fsp3) is 0.889. The van der Waals surface area contributed by atoms with Crippen LogP contribution in [-0.4, -0.2) is 29.6 Å². The maximum Gasteiger partial charge on any atom is 0.107 e. The van der Waals surface area contributed by atoms with Gasteiger partial charge in [0.1, 0.15) is 5.54 Å². The minimum absolute atomic E-state index is 0.529. The molecule has 0 saturated carbocycles. The van der Waals surface area contributed by atoms with Gasteiger partial charge in [0.15, 0.2) is 0 Å². The first-order valence-electron chi connectivity index (χ1n) is 4.57. The highest BCUT2D eigenvalue weighted by Crippen LogP contribution is 2.37. The van der Waals surface area contributed by atoms with E-state index in [1.54, 1.807) is 0 Å². The van der Waals surface area contributed by atoms with Crippen molar-refractivity contribution in [1.29, 1.82) is 5.26 Å². The van der Waals surface area contributed by atoms with Crippen molar-refractivity contribution in [2.24, 2.45) is 5.73 Å². The number of fused-ring (bicyclic) bond motifs is 2. The van der Waals surface area contributed by atoms with E-state index in [2.05, 4.69) is 18.0 Å². The maximum atomic E-state index is 8.91. The van der Waals surface area contributed by atoms with Crippen LogP contribution in [0.15, 0.2) is 0 Å². The Labute approximate surface area is 73.1 Å². The Kier molecular flexibility index (Phi) is 1.64. The molecule has 2 unspecified atom stereocenters. The molecule has 2 rings (SSSR count). The standard InChI is InChI=1S/C9H15N3/c1-12-7-2-3-8(12)5-9(11,4-7)6-10/h7-8H,2-5,11H2,1H3. The number of nitriles is 1. The molecule has 0 aliphatic carbocycles. The molecule has 2 aliphatic heterocycles. The van der Waals surface area contributed by atoms with Crippen LogP contribution in [0.2, 0.25) is 0 Å². The molecule has 0 spiro atoms. The Morgan fingerprint density at radius 2 is 1.92 bits per heavy atom. The number of nitrogens with two attached hydrogens (primary N) is 1. The van der Waals surface area contributed by atoms with E-state index in [0.29, 0.717) is 12.1 Å². The van der Waals surface area contributed by atoms with Crippen LogP contribution in [0.5, 0.6) is 0 Å². The second-order valence-corrected chi connectivity index (χ2v) is 4.23. The number of piperidine rings is 1. The highest BCUT2D eigenvalue weighted by Gasteiger charge is 2.44. The Bertz CT molecular complexity index is 216. The maximum absolute atomic E-state index is 8.91. The first kappa shape index (κ1) is 8.03. The van der Waals surface area contributed by atoms with Crippen molar-refractivity contribution in [3.8, 4) is 6.07 Å². The van der Waals surface area contributed by atoms with Crippen LogP contribution in [0.3, 0.4) is 0 Å². The summed E-state index contributed by atoms with van der Waals surface area (Å²) in [6.45, 7) is 0. The average molecular weight is 165 g/mol. The molecule has 0 aromatic carbocycles. The monoisotopic (exact) mass is 165 g/mol. The van der Waals surface area contributed by atoms with Gasteiger partial charge in [-0.15, -0.1) is 0 Å². The lowest BCUT2D eigenvalue weighted by Crippen LogP contribution is -2.53. The fourth-order valence-corrected chi connectivity index (χ4v) is 2.60. The topological polar surface area (TPSA) is 53.0 Å². The van der Waals surface area contributed by atoms with E-state index < -0.39 is 5.54 Å². The van der Waals surface area contributed by atoms with Gasteiger partial charge in [0.2, 0.25) is 0 Å². The van der Waals surface area contributed by atoms with Crippen molar-refractivity contribution in [2.75, 3.05) is 7.05 Å². The zero-order valence-corrected chi connectivity index (χ0v) is 7.45. The van der Waals surface area contributed by atoms with E-state index >= 15 is 0 Å². The van der Waals surface area contributed by atoms with Gasteiger partial charge in [0.05, 0.1) is 6.07 Å². The number of hydrogen-bond donors (Lipinski definition) is 1. The minimum Gasteiger partial charge on any atom is -0.313 e. The Hall–Kier alpha value is -0.590. The van der Waals surface area contributed by atoms with Crippen molar-refractivity contribution < 1.29 is 0 Å². The number of nitrogens with zero attached hydrogens (tertiary/aromatic N) is 2. The van der Waals surface area contributed by atoms with Gasteiger partial charge in [-0.3, -0.25) is 0 Å². The first-order chi connectivity index (χ1) is 5.64. The van der Waals surface area contributed by atoms with Gasteiger partial charge in [-0.05, 0) is 32.7 Å². The van der Waals surface area contributed by atoms with Crippen LogP contribution < -0.4 is 5.73 Å². The molecule has 2 saturated heterocycles. The van der Waals surface area contributed by atoms with Gasteiger partial charge in [-0.25, -0.2) is 0 Å². The van der Waals surface area contributed by atoms with E-state index in [0.717, 1.165) is 12.8 Å². The van der Waals surface area contributed by atoms with Crippen LogP contribution in [0.1, 0.15) is 25.7 Å². The van der Waals surface area contributed by atoms with Gasteiger partial charge in [-0.2, -0.15) is 5.26 Å². The van der Waals surface area contributed by atoms with E-state index in [1.165, 1.54) is 12.8 Å². The third-order valence-corrected chi connectivity index (χ3v) is 3.41. The van der Waals surface area contributed by atoms with Crippen LogP contribution in [-0.2, 0) is 0 Å². The van der Waals surface area contributed by atoms with Crippen LogP contribution in [0, 0.1) is 11.3 Å². The largest absolute Gasteiger partial charge is 0.313 e. The van der Waals surface area contributed by atoms with Crippen molar-refractivity contribution in [1.82, 2.24) is 4.90 Å². The molecule has 0 radical (unpaired) electrons. The highest BCUT2D eigenvalue weighted by molar-refractivity contribution is 5.13. The molecule has 66 valence electrons. The molecular formula is C9H15N3. The van der Waals surface area contributed by atoms with Gasteiger partial charge >= 0.3 is 0 Å². The van der Waals surface area contributed by atoms with E-state index in [1.807, 2.05) is 0 Å². The third kappa shape index (κ3) is 1.03. The van der Waals surface area contributed by atoms with Crippen molar-refractivity contribution in [3.63, 3.8) is 0 Å². The lowest BCUT2D eigenvalue weighted by atomic mass is 9.85. The Balaban J connectivity index is 2.18. The predicted octanol–water partition coefficient (Wildman–Crippen LogP) is 0.464. The quantitative estimate of drug-likeness (QED) is 0.567. The normalized spacial score (nSPS) is 47.4. The summed E-state index contributed by atoms with van der Waals surface area (Å²) in [4.78, 5) is 2.39. The van der Waals surface area contributed by atoms with E-state index in [-0.39, 0.29) is 0 Å². The molecule has 2 heterocycles. The van der Waals surface area contributed by atoms with Crippen LogP contribution in [0.4, 0.5) is 0 Å². The molecule has 12 heavy (non-hydrogen) atoms. The molecule has 0 aromatic rings. The minimum atomic E-state index is -0.529. The third-order valence-electron chi connectivity index (χ3n) is 3.41. The number of rotatable bonds is 0. The van der Waals surface area contributed by atoms with E-state index in [9.17, 15) is 0 Å². The summed E-state index contributed by atoms with van der Waals surface area (Å²) in [5.74, 6) is 0. The Morgan fingerprint density at radius 3 is 2.33 bits per heavy atom. The molecule has 0 aromatic heterocycles. The molecule has 3 heteroatoms. The van der Waals surface area contributed by atoms with Crippen LogP contribution >= 0.6 is 0 Å². The molecule has 2 N–H and O–H groups in total. The summed E-state index contributed by atoms with van der Waals surface area (Å²) in [7, 11) is 2.15. The lowest BCUT2D eigenvalue weighted by molar-refractivity contribution is 0.138. The Morgan fingerprint density at radius 1 is 1.42 bits per heavy atom. The highest BCUT2D eigenvalue weighted by atomic mass is 15.2. The zero-order chi connectivity index (χ0) is 8.77. The average Bonchev–Trinajstić information content (AvgIpc) is 2.32. The molecular weight excluding hydrogens is 150 g/mol. The molecule has 2 aliphatic rings. The van der Waals surface area contributed by atoms with Gasteiger partial charge in [0.25, 0.3) is 0 Å². The van der Waals surface area contributed by atoms with Crippen molar-refractivity contribution >= 4 is 0 Å². The fourth-order valence-electron chi connectivity index (χ4n) is 2.60. The summed E-state index contributed by atoms with van der Waals surface area (Å²) in [5.41, 5.74) is 5.42. The second-order valence-electron chi connectivity index (χ2n) is 4.23. The smallest absolute Gasteiger partial charge is 0.107 e. The van der Waals surface area contributed by atoms with Gasteiger partial charge in [0, 0.05) is 12.1 Å². The van der Waals surface area contributed by atoms with Crippen molar-refractivity contribution in [2.45, 2.75) is 43.3 Å². The summed E-state index contributed by atoms with van der Waals surface area (Å²) < 4.78 is 0. The molecule has 3 nitrogen and oxygen atoms in total. The summed E-state index contributed by atoms with van der Waals surface area (Å²) >= 11 is 0. The van der Waals surface area contributed by atoms with Gasteiger partial charge in [-0.1, -0.05) is 0 Å². The van der Waals surface area contributed by atoms with Crippen molar-refractivity contribution in [3.05, 3.63) is 0 Å². The molecule has 2 fully saturated rings. The zero-order valence-electron chi connectivity index (χ0n) is 7.45. The lowest BCUT2D eigenvalue weighted by Gasteiger charge is -2.38. The molecule has 2 atom stereocenters. The second kappa shape index (κ2) is 2.45. The van der Waals surface area contributed by atoms with Gasteiger partial charge < -0.3 is 10.6 Å². The van der Waals surface area contributed by atoms with Crippen LogP contribution in [0.25, 0.3) is 0 Å². The summed E-state index contributed by atoms with van der Waals surface area (Å²) in [5, 5.41) is 8.91. The van der Waals surface area contributed by atoms with E-state index in [4.69, 9.17) is 11.0 Å². The first-order valence-corrected chi connectivity index (χ1v) is 4.57. The summed E-state index contributed by atoms with van der Waals surface area (Å²) in [6.07, 6.45) is 4.16. The molecule has 2 bridgehead atoms. The predicted molar refractivity (Wildman–Crippen MR) is 46.3 cm³/mol. The summed E-state index contributed by atoms with van der Waals surface area (Å²) in [6, 6.07) is 3.38. The molecule has 0 amide bonds. The number of hydrogen-bond acceptors (Lipinski definition) is 3.